The molecule has 1 fully saturated rings. The van der Waals surface area contributed by atoms with Gasteiger partial charge in [-0.25, -0.2) is 0 Å². The normalized spacial score (nSPS) is 19.2. The van der Waals surface area contributed by atoms with Crippen molar-refractivity contribution in [3.8, 4) is 0 Å². The Labute approximate surface area is 162 Å². The van der Waals surface area contributed by atoms with E-state index >= 15 is 0 Å². The van der Waals surface area contributed by atoms with E-state index < -0.39 is 0 Å². The summed E-state index contributed by atoms with van der Waals surface area (Å²) in [5.74, 6) is 0.942. The minimum absolute atomic E-state index is 0.917. The van der Waals surface area contributed by atoms with Gasteiger partial charge in [-0.2, -0.15) is 0 Å². The first-order chi connectivity index (χ1) is 12.6. The summed E-state index contributed by atoms with van der Waals surface area (Å²) in [6.45, 7) is 10.0. The lowest BCUT2D eigenvalue weighted by molar-refractivity contribution is 0.275. The van der Waals surface area contributed by atoms with Crippen LogP contribution in [0.3, 0.4) is 0 Å². The second-order valence-corrected chi connectivity index (χ2v) is 7.90. The third-order valence-corrected chi connectivity index (χ3v) is 5.95. The number of hydrogen-bond donors (Lipinski definition) is 1. The van der Waals surface area contributed by atoms with Gasteiger partial charge in [-0.1, -0.05) is 16.8 Å². The number of allylic oxidation sites excluding steroid dienone is 1. The molecule has 0 amide bonds. The molecule has 2 heterocycles. The summed E-state index contributed by atoms with van der Waals surface area (Å²) in [6.07, 6.45) is 9.92. The van der Waals surface area contributed by atoms with Crippen LogP contribution in [0.5, 0.6) is 0 Å². The Morgan fingerprint density at radius 2 is 2.08 bits per heavy atom. The van der Waals surface area contributed by atoms with E-state index in [-0.39, 0.29) is 0 Å². The molecule has 0 spiro atoms. The molecule has 144 valence electrons. The molecule has 0 unspecified atom stereocenters. The largest absolute Gasteiger partial charge is 0.362 e. The Hall–Kier alpha value is -1.40. The van der Waals surface area contributed by atoms with Gasteiger partial charge in [-0.05, 0) is 64.6 Å². The predicted octanol–water partition coefficient (Wildman–Crippen LogP) is 3.56. The molecule has 0 saturated carbocycles. The highest BCUT2D eigenvalue weighted by molar-refractivity contribution is 7.80. The number of nitrogens with one attached hydrogen (secondary N) is 1. The summed E-state index contributed by atoms with van der Waals surface area (Å²) in [7, 11) is 0. The Bertz CT molecular complexity index is 620. The molecule has 1 aliphatic heterocycles. The summed E-state index contributed by atoms with van der Waals surface area (Å²) in [5.41, 5.74) is 3.85. The maximum absolute atomic E-state index is 5.65. The molecule has 0 bridgehead atoms. The van der Waals surface area contributed by atoms with Gasteiger partial charge in [-0.15, -0.1) is 0 Å². The quantitative estimate of drug-likeness (QED) is 0.626. The minimum atomic E-state index is 0.917. The fourth-order valence-electron chi connectivity index (χ4n) is 3.86. The van der Waals surface area contributed by atoms with Gasteiger partial charge in [0.25, 0.3) is 0 Å². The second-order valence-electron chi connectivity index (χ2n) is 7.51. The van der Waals surface area contributed by atoms with Crippen LogP contribution < -0.4 is 5.32 Å². The molecule has 1 aromatic heterocycles. The number of aromatic nitrogens is 1. The zero-order valence-electron chi connectivity index (χ0n) is 16.2. The molecule has 0 atom stereocenters. The van der Waals surface area contributed by atoms with Crippen LogP contribution in [0.1, 0.15) is 55.5 Å². The van der Waals surface area contributed by atoms with E-state index in [0.29, 0.717) is 0 Å². The molecule has 6 heteroatoms. The first-order valence-electron chi connectivity index (χ1n) is 9.98. The lowest BCUT2D eigenvalue weighted by Gasteiger charge is -2.25. The SMILES string of the molecule is Cc1noc(C)c1CN1CCCN(C(=S)NCCC2=CCCCC2)CC1. The number of thiocarbonyl (C=S) groups is 1. The highest BCUT2D eigenvalue weighted by Crippen LogP contribution is 2.19. The van der Waals surface area contributed by atoms with Gasteiger partial charge < -0.3 is 14.7 Å². The predicted molar refractivity (Wildman–Crippen MR) is 109 cm³/mol. The Kier molecular flexibility index (Phi) is 7.08. The van der Waals surface area contributed by atoms with Gasteiger partial charge in [-0.3, -0.25) is 4.90 Å². The average Bonchev–Trinajstić information content (AvgIpc) is 2.85. The summed E-state index contributed by atoms with van der Waals surface area (Å²) in [6, 6.07) is 0. The van der Waals surface area contributed by atoms with Crippen LogP contribution in [-0.4, -0.2) is 52.8 Å². The summed E-state index contributed by atoms with van der Waals surface area (Å²) in [4.78, 5) is 4.82. The van der Waals surface area contributed by atoms with E-state index in [9.17, 15) is 0 Å². The number of nitrogens with zero attached hydrogens (tertiary/aromatic N) is 3. The maximum atomic E-state index is 5.65. The Morgan fingerprint density at radius 3 is 2.81 bits per heavy atom. The van der Waals surface area contributed by atoms with Crippen molar-refractivity contribution in [1.29, 1.82) is 0 Å². The van der Waals surface area contributed by atoms with E-state index in [1.807, 2.05) is 13.8 Å². The lowest BCUT2D eigenvalue weighted by Crippen LogP contribution is -2.42. The summed E-state index contributed by atoms with van der Waals surface area (Å²) in [5, 5.41) is 8.47. The Morgan fingerprint density at radius 1 is 1.19 bits per heavy atom. The van der Waals surface area contributed by atoms with Crippen molar-refractivity contribution in [2.75, 3.05) is 32.7 Å². The third-order valence-electron chi connectivity index (χ3n) is 5.55. The van der Waals surface area contributed by atoms with Crippen LogP contribution in [0.2, 0.25) is 0 Å². The van der Waals surface area contributed by atoms with Crippen LogP contribution in [0.15, 0.2) is 16.2 Å². The zero-order valence-corrected chi connectivity index (χ0v) is 17.0. The molecular weight excluding hydrogens is 344 g/mol. The molecular formula is C20H32N4OS. The fraction of sp³-hybridized carbons (Fsp3) is 0.700. The van der Waals surface area contributed by atoms with E-state index in [4.69, 9.17) is 16.7 Å². The standard InChI is InChI=1S/C20H32N4OS/c1-16-19(17(2)25-22-16)15-23-11-6-12-24(14-13-23)20(26)21-10-9-18-7-4-3-5-8-18/h7H,3-6,8-15H2,1-2H3,(H,21,26). The molecule has 0 aromatic carbocycles. The van der Waals surface area contributed by atoms with Gasteiger partial charge in [0, 0.05) is 44.8 Å². The van der Waals surface area contributed by atoms with Gasteiger partial charge in [0.1, 0.15) is 5.76 Å². The summed E-state index contributed by atoms with van der Waals surface area (Å²) < 4.78 is 5.30. The highest BCUT2D eigenvalue weighted by Gasteiger charge is 2.19. The van der Waals surface area contributed by atoms with Crippen molar-refractivity contribution >= 4 is 17.3 Å². The number of hydrogen-bond acceptors (Lipinski definition) is 4. The molecule has 1 N–H and O–H groups in total. The molecule has 1 aliphatic carbocycles. The van der Waals surface area contributed by atoms with Crippen LogP contribution in [-0.2, 0) is 6.54 Å². The smallest absolute Gasteiger partial charge is 0.168 e. The van der Waals surface area contributed by atoms with Crippen LogP contribution in [0.25, 0.3) is 0 Å². The number of aryl methyl sites for hydroxylation is 2. The minimum Gasteiger partial charge on any atom is -0.362 e. The van der Waals surface area contributed by atoms with Gasteiger partial charge in [0.05, 0.1) is 5.69 Å². The van der Waals surface area contributed by atoms with Crippen molar-refractivity contribution in [1.82, 2.24) is 20.3 Å². The number of rotatable bonds is 5. The van der Waals surface area contributed by atoms with E-state index in [0.717, 1.165) is 68.7 Å². The molecule has 2 aliphatic rings. The topological polar surface area (TPSA) is 44.5 Å². The first-order valence-corrected chi connectivity index (χ1v) is 10.4. The fourth-order valence-corrected chi connectivity index (χ4v) is 4.14. The van der Waals surface area contributed by atoms with Crippen LogP contribution >= 0.6 is 12.2 Å². The molecule has 26 heavy (non-hydrogen) atoms. The lowest BCUT2D eigenvalue weighted by atomic mass is 9.97. The van der Waals surface area contributed by atoms with Crippen molar-refractivity contribution in [2.24, 2.45) is 0 Å². The highest BCUT2D eigenvalue weighted by atomic mass is 32.1. The summed E-state index contributed by atoms with van der Waals surface area (Å²) >= 11 is 5.65. The van der Waals surface area contributed by atoms with Crippen molar-refractivity contribution in [2.45, 2.75) is 58.9 Å². The van der Waals surface area contributed by atoms with E-state index in [1.165, 1.54) is 31.2 Å². The Balaban J connectivity index is 1.42. The van der Waals surface area contributed by atoms with E-state index in [1.54, 1.807) is 5.57 Å². The van der Waals surface area contributed by atoms with E-state index in [2.05, 4.69) is 26.3 Å². The van der Waals surface area contributed by atoms with Gasteiger partial charge in [0.2, 0.25) is 0 Å². The van der Waals surface area contributed by atoms with Gasteiger partial charge in [0.15, 0.2) is 5.11 Å². The van der Waals surface area contributed by atoms with Crippen molar-refractivity contribution < 1.29 is 4.52 Å². The molecule has 1 saturated heterocycles. The van der Waals surface area contributed by atoms with Crippen LogP contribution in [0.4, 0.5) is 0 Å². The maximum Gasteiger partial charge on any atom is 0.168 e. The van der Waals surface area contributed by atoms with Crippen molar-refractivity contribution in [3.05, 3.63) is 28.7 Å². The molecule has 1 aromatic rings. The second kappa shape index (κ2) is 9.51. The van der Waals surface area contributed by atoms with Crippen LogP contribution in [0, 0.1) is 13.8 Å². The zero-order chi connectivity index (χ0) is 18.4. The average molecular weight is 377 g/mol. The molecule has 5 nitrogen and oxygen atoms in total. The monoisotopic (exact) mass is 376 g/mol. The third kappa shape index (κ3) is 5.30. The first kappa shape index (κ1) is 19.4. The molecule has 3 rings (SSSR count). The van der Waals surface area contributed by atoms with Gasteiger partial charge >= 0.3 is 0 Å². The van der Waals surface area contributed by atoms with Crippen molar-refractivity contribution in [3.63, 3.8) is 0 Å². The molecule has 0 radical (unpaired) electrons.